The third kappa shape index (κ3) is 3.10. The molecule has 1 aromatic heterocycles. The van der Waals surface area contributed by atoms with Crippen LogP contribution in [0.5, 0.6) is 11.5 Å². The van der Waals surface area contributed by atoms with E-state index in [1.54, 1.807) is 31.3 Å². The van der Waals surface area contributed by atoms with Gasteiger partial charge in [0.05, 0.1) is 26.0 Å². The summed E-state index contributed by atoms with van der Waals surface area (Å²) in [5.74, 6) is 0.634. The Balaban J connectivity index is 1.73. The number of carbonyl (C=O) groups is 1. The van der Waals surface area contributed by atoms with Gasteiger partial charge in [-0.15, -0.1) is 0 Å². The normalized spacial score (nSPS) is 15.0. The zero-order chi connectivity index (χ0) is 22.2. The van der Waals surface area contributed by atoms with Gasteiger partial charge in [-0.25, -0.2) is 4.39 Å². The number of H-pyrrole nitrogens is 1. The third-order valence-electron chi connectivity index (χ3n) is 5.64. The molecule has 5 rings (SSSR count). The van der Waals surface area contributed by atoms with Crippen molar-refractivity contribution in [3.05, 3.63) is 95.4 Å². The fourth-order valence-electron chi connectivity index (χ4n) is 4.17. The molecule has 0 bridgehead atoms. The average Bonchev–Trinajstić information content (AvgIpc) is 3.38. The number of nitrogens with zero attached hydrogens (tertiary/aromatic N) is 2. The Kier molecular flexibility index (Phi) is 4.86. The van der Waals surface area contributed by atoms with Crippen molar-refractivity contribution in [1.82, 2.24) is 10.2 Å². The molecule has 0 radical (unpaired) electrons. The van der Waals surface area contributed by atoms with Gasteiger partial charge in [0, 0.05) is 16.8 Å². The van der Waals surface area contributed by atoms with E-state index < -0.39 is 6.04 Å². The van der Waals surface area contributed by atoms with Crippen LogP contribution in [0.15, 0.2) is 72.8 Å². The number of aromatic nitrogens is 2. The van der Waals surface area contributed by atoms with Gasteiger partial charge in [-0.3, -0.25) is 14.8 Å². The number of anilines is 1. The van der Waals surface area contributed by atoms with Gasteiger partial charge < -0.3 is 9.47 Å². The zero-order valence-corrected chi connectivity index (χ0v) is 17.5. The molecule has 32 heavy (non-hydrogen) atoms. The predicted octanol–water partition coefficient (Wildman–Crippen LogP) is 4.98. The average molecular weight is 429 g/mol. The van der Waals surface area contributed by atoms with Crippen molar-refractivity contribution in [3.8, 4) is 22.8 Å². The molecule has 1 atom stereocenters. The molecule has 1 aliphatic rings. The fraction of sp³-hybridized carbons (Fsp3) is 0.120. The first-order valence-electron chi connectivity index (χ1n) is 10.1. The Bertz CT molecular complexity index is 1290. The molecule has 6 nitrogen and oxygen atoms in total. The molecule has 4 aromatic rings. The van der Waals surface area contributed by atoms with Crippen molar-refractivity contribution in [1.29, 1.82) is 0 Å². The first kappa shape index (κ1) is 19.8. The maximum atomic E-state index is 13.5. The molecule has 1 N–H and O–H groups in total. The van der Waals surface area contributed by atoms with E-state index >= 15 is 0 Å². The van der Waals surface area contributed by atoms with E-state index in [0.717, 1.165) is 22.4 Å². The Morgan fingerprint density at radius 2 is 1.66 bits per heavy atom. The number of halogens is 1. The number of aromatic amines is 1. The molecule has 0 saturated heterocycles. The number of para-hydroxylation sites is 1. The summed E-state index contributed by atoms with van der Waals surface area (Å²) in [6, 6.07) is 20.7. The van der Waals surface area contributed by atoms with Crippen molar-refractivity contribution in [2.75, 3.05) is 19.1 Å². The summed E-state index contributed by atoms with van der Waals surface area (Å²) in [5.41, 5.74) is 4.06. The molecular formula is C25H20FN3O3. The number of fused-ring (bicyclic) bond motifs is 1. The van der Waals surface area contributed by atoms with Gasteiger partial charge in [0.1, 0.15) is 11.5 Å². The standard InChI is InChI=1S/C25H20FN3O3/c1-31-19-13-10-16(14-20(19)32-2)24-21-22(15-8-11-17(26)12-9-15)27-28-23(21)25(30)29(24)18-6-4-3-5-7-18/h3-14,24H,1-2H3,(H,27,28)/t24-/m1/s1. The minimum atomic E-state index is -0.460. The summed E-state index contributed by atoms with van der Waals surface area (Å²) in [7, 11) is 3.15. The lowest BCUT2D eigenvalue weighted by atomic mass is 9.95. The summed E-state index contributed by atoms with van der Waals surface area (Å²) in [6.45, 7) is 0. The lowest BCUT2D eigenvalue weighted by molar-refractivity contribution is 0.0988. The van der Waals surface area contributed by atoms with Crippen molar-refractivity contribution in [2.45, 2.75) is 6.04 Å². The lowest BCUT2D eigenvalue weighted by Crippen LogP contribution is -2.29. The molecule has 0 spiro atoms. The van der Waals surface area contributed by atoms with E-state index in [0.29, 0.717) is 22.9 Å². The topological polar surface area (TPSA) is 67.5 Å². The minimum absolute atomic E-state index is 0.188. The Morgan fingerprint density at radius 1 is 0.938 bits per heavy atom. The van der Waals surface area contributed by atoms with Crippen LogP contribution in [0.2, 0.25) is 0 Å². The molecule has 0 saturated carbocycles. The number of hydrogen-bond acceptors (Lipinski definition) is 4. The molecule has 2 heterocycles. The molecule has 0 unspecified atom stereocenters. The van der Waals surface area contributed by atoms with Gasteiger partial charge in [-0.2, -0.15) is 5.10 Å². The summed E-state index contributed by atoms with van der Waals surface area (Å²) in [4.78, 5) is 15.2. The Morgan fingerprint density at radius 3 is 2.34 bits per heavy atom. The van der Waals surface area contributed by atoms with Crippen LogP contribution in [-0.4, -0.2) is 30.3 Å². The van der Waals surface area contributed by atoms with Crippen LogP contribution >= 0.6 is 0 Å². The maximum absolute atomic E-state index is 13.5. The maximum Gasteiger partial charge on any atom is 0.277 e. The molecule has 1 aliphatic heterocycles. The van der Waals surface area contributed by atoms with Gasteiger partial charge in [0.15, 0.2) is 11.5 Å². The second kappa shape index (κ2) is 7.85. The molecule has 1 amide bonds. The monoisotopic (exact) mass is 429 g/mol. The van der Waals surface area contributed by atoms with E-state index in [-0.39, 0.29) is 11.7 Å². The van der Waals surface area contributed by atoms with Crippen LogP contribution in [0.1, 0.15) is 27.7 Å². The summed E-state index contributed by atoms with van der Waals surface area (Å²) >= 11 is 0. The number of carbonyl (C=O) groups excluding carboxylic acids is 1. The highest BCUT2D eigenvalue weighted by molar-refractivity contribution is 6.11. The second-order valence-electron chi connectivity index (χ2n) is 7.40. The third-order valence-corrected chi connectivity index (χ3v) is 5.64. The molecule has 3 aromatic carbocycles. The number of hydrogen-bond donors (Lipinski definition) is 1. The van der Waals surface area contributed by atoms with Gasteiger partial charge in [0.25, 0.3) is 5.91 Å². The van der Waals surface area contributed by atoms with Gasteiger partial charge in [-0.05, 0) is 54.1 Å². The fourth-order valence-corrected chi connectivity index (χ4v) is 4.17. The first-order chi connectivity index (χ1) is 15.6. The van der Waals surface area contributed by atoms with Gasteiger partial charge in [-0.1, -0.05) is 24.3 Å². The second-order valence-corrected chi connectivity index (χ2v) is 7.40. The number of ether oxygens (including phenoxy) is 2. The van der Waals surface area contributed by atoms with E-state index in [9.17, 15) is 9.18 Å². The molecule has 160 valence electrons. The van der Waals surface area contributed by atoms with Crippen LogP contribution in [0, 0.1) is 5.82 Å². The predicted molar refractivity (Wildman–Crippen MR) is 119 cm³/mol. The van der Waals surface area contributed by atoms with Crippen molar-refractivity contribution >= 4 is 11.6 Å². The van der Waals surface area contributed by atoms with Crippen LogP contribution in [0.25, 0.3) is 11.3 Å². The van der Waals surface area contributed by atoms with Gasteiger partial charge in [0.2, 0.25) is 0 Å². The highest BCUT2D eigenvalue weighted by Crippen LogP contribution is 2.46. The number of rotatable bonds is 5. The van der Waals surface area contributed by atoms with Crippen molar-refractivity contribution in [3.63, 3.8) is 0 Å². The van der Waals surface area contributed by atoms with E-state index in [2.05, 4.69) is 10.2 Å². The molecule has 0 aliphatic carbocycles. The van der Waals surface area contributed by atoms with Crippen LogP contribution in [0.3, 0.4) is 0 Å². The number of benzene rings is 3. The van der Waals surface area contributed by atoms with E-state index in [4.69, 9.17) is 9.47 Å². The van der Waals surface area contributed by atoms with Crippen molar-refractivity contribution in [2.24, 2.45) is 0 Å². The lowest BCUT2D eigenvalue weighted by Gasteiger charge is -2.27. The summed E-state index contributed by atoms with van der Waals surface area (Å²) < 4.78 is 24.4. The van der Waals surface area contributed by atoms with Gasteiger partial charge >= 0.3 is 0 Å². The number of methoxy groups -OCH3 is 2. The van der Waals surface area contributed by atoms with E-state index in [1.807, 2.05) is 48.5 Å². The molecule has 7 heteroatoms. The first-order valence-corrected chi connectivity index (χ1v) is 10.1. The van der Waals surface area contributed by atoms with Crippen LogP contribution in [-0.2, 0) is 0 Å². The molecule has 0 fully saturated rings. The molecular weight excluding hydrogens is 409 g/mol. The summed E-state index contributed by atoms with van der Waals surface area (Å²) in [5, 5.41) is 7.33. The zero-order valence-electron chi connectivity index (χ0n) is 17.5. The van der Waals surface area contributed by atoms with Crippen molar-refractivity contribution < 1.29 is 18.7 Å². The highest BCUT2D eigenvalue weighted by atomic mass is 19.1. The Labute approximate surface area is 184 Å². The minimum Gasteiger partial charge on any atom is -0.493 e. The Hall–Kier alpha value is -4.13. The van der Waals surface area contributed by atoms with Crippen LogP contribution in [0.4, 0.5) is 10.1 Å². The largest absolute Gasteiger partial charge is 0.493 e. The van der Waals surface area contributed by atoms with E-state index in [1.165, 1.54) is 12.1 Å². The smallest absolute Gasteiger partial charge is 0.277 e. The quantitative estimate of drug-likeness (QED) is 0.486. The summed E-state index contributed by atoms with van der Waals surface area (Å²) in [6.07, 6.45) is 0. The van der Waals surface area contributed by atoms with Crippen LogP contribution < -0.4 is 14.4 Å². The number of amides is 1. The number of nitrogens with one attached hydrogen (secondary N) is 1. The highest BCUT2D eigenvalue weighted by Gasteiger charge is 2.43. The SMILES string of the molecule is COc1ccc([C@@H]2c3c(-c4ccc(F)cc4)n[nH]c3C(=O)N2c2ccccc2)cc1OC.